The Labute approximate surface area is 234 Å². The Balaban J connectivity index is 1.44. The molecule has 0 saturated carbocycles. The second kappa shape index (κ2) is 11.5. The minimum Gasteiger partial charge on any atom is -0.453 e. The number of carbonyl (C=O) groups is 3. The van der Waals surface area contributed by atoms with E-state index in [1.54, 1.807) is 29.3 Å². The number of H-pyrrole nitrogens is 1. The van der Waals surface area contributed by atoms with E-state index in [9.17, 15) is 18.8 Å². The van der Waals surface area contributed by atoms with Crippen molar-refractivity contribution < 1.29 is 23.5 Å². The number of aromatic amines is 1. The van der Waals surface area contributed by atoms with Crippen LogP contribution in [0.3, 0.4) is 0 Å². The number of urea groups is 1. The molecule has 4 heterocycles. The normalized spacial score (nSPS) is 21.3. The fourth-order valence-corrected chi connectivity index (χ4v) is 5.22. The number of hydrogen-bond acceptors (Lipinski definition) is 6. The Morgan fingerprint density at radius 2 is 2.02 bits per heavy atom. The molecule has 13 heteroatoms. The van der Waals surface area contributed by atoms with Crippen molar-refractivity contribution in [2.24, 2.45) is 5.92 Å². The third-order valence-electron chi connectivity index (χ3n) is 7.27. The number of nitrogens with zero attached hydrogens (tertiary/aromatic N) is 3. The standard InChI is InChI=1S/C27H29ClFN7O4/c1-14-4-3-5-21(36-11-9-18(35-26(36)38)23-22(29)17(28)8-10-30-23)24-31-13-20(33-24)16-7-6-15(32-27(39)40-2)12-19(16)34-25(14)37/h6-8,10,12-14,18,21H,3-5,9,11H2,1-2H3,(H,31,33)(H,32,39)(H,34,37)(H,35,38). The largest absolute Gasteiger partial charge is 0.453 e. The van der Waals surface area contributed by atoms with Crippen LogP contribution in [-0.4, -0.2) is 51.5 Å². The first-order chi connectivity index (χ1) is 19.2. The summed E-state index contributed by atoms with van der Waals surface area (Å²) in [5, 5.41) is 8.40. The van der Waals surface area contributed by atoms with E-state index in [-0.39, 0.29) is 28.6 Å². The maximum atomic E-state index is 14.6. The van der Waals surface area contributed by atoms with Crippen molar-refractivity contribution in [3.05, 3.63) is 59.0 Å². The zero-order valence-corrected chi connectivity index (χ0v) is 22.7. The van der Waals surface area contributed by atoms with Crippen LogP contribution in [0.2, 0.25) is 5.02 Å². The Bertz CT molecular complexity index is 1450. The zero-order valence-electron chi connectivity index (χ0n) is 22.0. The van der Waals surface area contributed by atoms with Gasteiger partial charge >= 0.3 is 12.1 Å². The smallest absolute Gasteiger partial charge is 0.411 e. The first-order valence-electron chi connectivity index (χ1n) is 13.0. The van der Waals surface area contributed by atoms with Crippen molar-refractivity contribution in [3.8, 4) is 11.3 Å². The highest BCUT2D eigenvalue weighted by molar-refractivity contribution is 6.30. The van der Waals surface area contributed by atoms with Gasteiger partial charge in [-0.1, -0.05) is 24.9 Å². The molecule has 0 aliphatic carbocycles. The number of aromatic nitrogens is 3. The zero-order chi connectivity index (χ0) is 28.4. The third kappa shape index (κ3) is 5.57. The van der Waals surface area contributed by atoms with Crippen LogP contribution in [0.25, 0.3) is 11.3 Å². The van der Waals surface area contributed by atoms with E-state index < -0.39 is 24.0 Å². The van der Waals surface area contributed by atoms with E-state index in [1.807, 2.05) is 6.92 Å². The summed E-state index contributed by atoms with van der Waals surface area (Å²) >= 11 is 5.92. The van der Waals surface area contributed by atoms with Gasteiger partial charge in [0, 0.05) is 29.9 Å². The molecule has 1 aromatic carbocycles. The van der Waals surface area contributed by atoms with E-state index >= 15 is 0 Å². The van der Waals surface area contributed by atoms with Gasteiger partial charge in [0.1, 0.15) is 5.82 Å². The van der Waals surface area contributed by atoms with E-state index in [0.29, 0.717) is 60.7 Å². The molecule has 11 nitrogen and oxygen atoms in total. The molecule has 4 N–H and O–H groups in total. The van der Waals surface area contributed by atoms with Gasteiger partial charge in [-0.2, -0.15) is 0 Å². The van der Waals surface area contributed by atoms with E-state index in [1.165, 1.54) is 19.4 Å². The van der Waals surface area contributed by atoms with Crippen molar-refractivity contribution in [2.75, 3.05) is 24.3 Å². The highest BCUT2D eigenvalue weighted by Crippen LogP contribution is 2.36. The summed E-state index contributed by atoms with van der Waals surface area (Å²) in [5.74, 6) is -0.510. The maximum absolute atomic E-state index is 14.6. The number of fused-ring (bicyclic) bond motifs is 4. The maximum Gasteiger partial charge on any atom is 0.411 e. The topological polar surface area (TPSA) is 141 Å². The lowest BCUT2D eigenvalue weighted by molar-refractivity contribution is -0.119. The molecular formula is C27H29ClFN7O4. The fourth-order valence-electron chi connectivity index (χ4n) is 5.07. The summed E-state index contributed by atoms with van der Waals surface area (Å²) in [5.41, 5.74) is 2.35. The van der Waals surface area contributed by atoms with E-state index in [4.69, 9.17) is 11.6 Å². The van der Waals surface area contributed by atoms with Gasteiger partial charge in [0.15, 0.2) is 5.82 Å². The van der Waals surface area contributed by atoms with Gasteiger partial charge in [-0.15, -0.1) is 0 Å². The predicted molar refractivity (Wildman–Crippen MR) is 146 cm³/mol. The van der Waals surface area contributed by atoms with Gasteiger partial charge in [-0.25, -0.2) is 19.0 Å². The Morgan fingerprint density at radius 3 is 2.80 bits per heavy atom. The molecule has 2 bridgehead atoms. The average molecular weight is 570 g/mol. The molecule has 1 saturated heterocycles. The van der Waals surface area contributed by atoms with Crippen LogP contribution in [0, 0.1) is 11.7 Å². The number of amides is 4. The van der Waals surface area contributed by atoms with Crippen LogP contribution in [-0.2, 0) is 9.53 Å². The van der Waals surface area contributed by atoms with E-state index in [0.717, 1.165) is 0 Å². The first-order valence-corrected chi connectivity index (χ1v) is 13.3. The summed E-state index contributed by atoms with van der Waals surface area (Å²) in [4.78, 5) is 51.8. The lowest BCUT2D eigenvalue weighted by Gasteiger charge is -2.37. The Morgan fingerprint density at radius 1 is 1.20 bits per heavy atom. The molecule has 3 unspecified atom stereocenters. The number of benzene rings is 1. The van der Waals surface area contributed by atoms with Gasteiger partial charge < -0.3 is 25.3 Å². The molecule has 210 valence electrons. The quantitative estimate of drug-likeness (QED) is 0.333. The first kappa shape index (κ1) is 27.4. The third-order valence-corrected chi connectivity index (χ3v) is 7.56. The van der Waals surface area contributed by atoms with Gasteiger partial charge in [0.2, 0.25) is 5.91 Å². The molecule has 3 atom stereocenters. The number of pyridine rings is 1. The number of halogens is 2. The number of rotatable bonds is 3. The Hall–Kier alpha value is -4.19. The minimum atomic E-state index is -0.638. The summed E-state index contributed by atoms with van der Waals surface area (Å²) in [6.45, 7) is 2.20. The molecular weight excluding hydrogens is 541 g/mol. The second-order valence-corrected chi connectivity index (χ2v) is 10.3. The van der Waals surface area contributed by atoms with Crippen LogP contribution in [0.15, 0.2) is 36.7 Å². The van der Waals surface area contributed by atoms with Crippen molar-refractivity contribution >= 4 is 41.0 Å². The second-order valence-electron chi connectivity index (χ2n) is 9.87. The lowest BCUT2D eigenvalue weighted by atomic mass is 9.97. The lowest BCUT2D eigenvalue weighted by Crippen LogP contribution is -2.50. The van der Waals surface area contributed by atoms with Crippen molar-refractivity contribution in [3.63, 3.8) is 0 Å². The molecule has 40 heavy (non-hydrogen) atoms. The number of imidazole rings is 1. The number of anilines is 2. The molecule has 1 fully saturated rings. The number of carbonyl (C=O) groups excluding carboxylic acids is 3. The van der Waals surface area contributed by atoms with Crippen molar-refractivity contribution in [2.45, 2.75) is 44.7 Å². The van der Waals surface area contributed by atoms with Crippen molar-refractivity contribution in [1.82, 2.24) is 25.2 Å². The molecule has 4 amide bonds. The van der Waals surface area contributed by atoms with Crippen LogP contribution in [0.4, 0.5) is 25.4 Å². The molecule has 0 radical (unpaired) electrons. The highest BCUT2D eigenvalue weighted by Gasteiger charge is 2.35. The molecule has 2 aliphatic rings. The van der Waals surface area contributed by atoms with Crippen LogP contribution in [0.1, 0.15) is 56.2 Å². The Kier molecular flexibility index (Phi) is 7.88. The fraction of sp³-hybridized carbons (Fsp3) is 0.370. The van der Waals surface area contributed by atoms with Crippen LogP contribution in [0.5, 0.6) is 0 Å². The average Bonchev–Trinajstić information content (AvgIpc) is 3.42. The van der Waals surface area contributed by atoms with E-state index in [2.05, 4.69) is 35.6 Å². The SMILES string of the molecule is COC(=O)Nc1ccc2c(c1)NC(=O)C(C)CCCC(N1CCC(c3nccc(Cl)c3F)NC1=O)c1ncc-2[nH]1. The van der Waals surface area contributed by atoms with Crippen LogP contribution >= 0.6 is 11.6 Å². The predicted octanol–water partition coefficient (Wildman–Crippen LogP) is 5.40. The van der Waals surface area contributed by atoms with Gasteiger partial charge in [-0.05, 0) is 43.5 Å². The summed E-state index contributed by atoms with van der Waals surface area (Å²) in [6.07, 6.45) is 4.68. The highest BCUT2D eigenvalue weighted by atomic mass is 35.5. The molecule has 3 aromatic rings. The summed E-state index contributed by atoms with van der Waals surface area (Å²) in [7, 11) is 1.27. The summed E-state index contributed by atoms with van der Waals surface area (Å²) < 4.78 is 19.3. The van der Waals surface area contributed by atoms with Crippen LogP contribution < -0.4 is 16.0 Å². The van der Waals surface area contributed by atoms with Gasteiger partial charge in [0.05, 0.1) is 47.5 Å². The molecule has 2 aliphatic heterocycles. The molecule has 5 rings (SSSR count). The number of hydrogen-bond donors (Lipinski definition) is 4. The summed E-state index contributed by atoms with van der Waals surface area (Å²) in [6, 6.07) is 5.10. The van der Waals surface area contributed by atoms with Gasteiger partial charge in [0.25, 0.3) is 0 Å². The molecule has 2 aromatic heterocycles. The monoisotopic (exact) mass is 569 g/mol. The number of methoxy groups -OCH3 is 1. The number of nitrogens with one attached hydrogen (secondary N) is 4. The number of ether oxygens (including phenoxy) is 1. The van der Waals surface area contributed by atoms with Crippen molar-refractivity contribution in [1.29, 1.82) is 0 Å². The molecule has 0 spiro atoms. The van der Waals surface area contributed by atoms with Gasteiger partial charge in [-0.3, -0.25) is 15.1 Å². The minimum absolute atomic E-state index is 0.0456.